The number of hydrogen-bond donors (Lipinski definition) is 2. The van der Waals surface area contributed by atoms with E-state index in [1.54, 1.807) is 6.07 Å². The molecule has 20 heavy (non-hydrogen) atoms. The molecule has 1 aromatic heterocycles. The lowest BCUT2D eigenvalue weighted by molar-refractivity contribution is 0.422. The van der Waals surface area contributed by atoms with Crippen LogP contribution >= 0.6 is 0 Å². The third-order valence-corrected chi connectivity index (χ3v) is 2.81. The smallest absolute Gasteiger partial charge is 0.322 e. The van der Waals surface area contributed by atoms with E-state index in [2.05, 4.69) is 30.7 Å². The summed E-state index contributed by atoms with van der Waals surface area (Å²) in [5.74, 6) is 0.599. The molecule has 0 saturated carbocycles. The molecule has 2 aromatic rings. The molecule has 0 unspecified atom stereocenters. The molecule has 3 N–H and O–H groups in total. The third kappa shape index (κ3) is 3.12. The van der Waals surface area contributed by atoms with E-state index in [9.17, 15) is 0 Å². The van der Waals surface area contributed by atoms with Gasteiger partial charge in [-0.15, -0.1) is 0 Å². The van der Waals surface area contributed by atoms with Gasteiger partial charge in [-0.05, 0) is 17.5 Å². The second-order valence-electron chi connectivity index (χ2n) is 5.49. The molecule has 0 fully saturated rings. The number of amidine groups is 1. The molecule has 0 amide bonds. The molecule has 1 aromatic carbocycles. The average Bonchev–Trinajstić information content (AvgIpc) is 2.38. The zero-order chi connectivity index (χ0) is 14.8. The van der Waals surface area contributed by atoms with Crippen molar-refractivity contribution in [1.29, 1.82) is 5.41 Å². The van der Waals surface area contributed by atoms with E-state index in [-0.39, 0.29) is 17.3 Å². The van der Waals surface area contributed by atoms with E-state index < -0.39 is 0 Å². The number of nitrogens with zero attached hydrogens (tertiary/aromatic N) is 2. The second kappa shape index (κ2) is 5.28. The van der Waals surface area contributed by atoms with E-state index >= 15 is 0 Å². The van der Waals surface area contributed by atoms with Crippen molar-refractivity contribution in [2.24, 2.45) is 5.73 Å². The maximum Gasteiger partial charge on any atom is 0.322 e. The topological polar surface area (TPSA) is 84.9 Å². The number of hydrogen-bond acceptors (Lipinski definition) is 4. The van der Waals surface area contributed by atoms with Gasteiger partial charge < -0.3 is 10.5 Å². The molecular weight excluding hydrogens is 252 g/mol. The van der Waals surface area contributed by atoms with Gasteiger partial charge in [0.25, 0.3) is 0 Å². The number of ether oxygens (including phenoxy) is 1. The lowest BCUT2D eigenvalue weighted by atomic mass is 9.86. The average molecular weight is 270 g/mol. The first-order valence-corrected chi connectivity index (χ1v) is 6.33. The molecule has 0 saturated heterocycles. The van der Waals surface area contributed by atoms with Crippen molar-refractivity contribution < 1.29 is 4.74 Å². The first kappa shape index (κ1) is 14.0. The summed E-state index contributed by atoms with van der Waals surface area (Å²) in [6.07, 6.45) is 1.53. The number of para-hydroxylation sites is 1. The fourth-order valence-electron chi connectivity index (χ4n) is 1.81. The Kier molecular flexibility index (Phi) is 3.70. The van der Waals surface area contributed by atoms with E-state index in [0.29, 0.717) is 11.4 Å². The lowest BCUT2D eigenvalue weighted by Crippen LogP contribution is -2.15. The number of nitrogen functional groups attached to an aromatic ring is 1. The highest BCUT2D eigenvalue weighted by Gasteiger charge is 2.19. The Labute approximate surface area is 118 Å². The van der Waals surface area contributed by atoms with Crippen LogP contribution in [0, 0.1) is 5.41 Å². The normalized spacial score (nSPS) is 11.2. The Bertz CT molecular complexity index is 632. The summed E-state index contributed by atoms with van der Waals surface area (Å²) in [6.45, 7) is 6.34. The standard InChI is InChI=1S/C15H18N4O/c1-15(2,3)10-6-4-5-7-12(10)20-14-18-9-8-11(19-14)13(16)17/h4-9H,1-3H3,(H3,16,17). The maximum absolute atomic E-state index is 7.39. The molecular formula is C15H18N4O. The molecule has 2 rings (SSSR count). The van der Waals surface area contributed by atoms with Crippen molar-refractivity contribution >= 4 is 5.84 Å². The zero-order valence-corrected chi connectivity index (χ0v) is 11.8. The highest BCUT2D eigenvalue weighted by molar-refractivity contribution is 5.92. The van der Waals surface area contributed by atoms with Crippen LogP contribution in [0.3, 0.4) is 0 Å². The first-order chi connectivity index (χ1) is 9.38. The predicted octanol–water partition coefficient (Wildman–Crippen LogP) is 2.85. The lowest BCUT2D eigenvalue weighted by Gasteiger charge is -2.21. The van der Waals surface area contributed by atoms with Gasteiger partial charge in [0.05, 0.1) is 0 Å². The number of nitrogens with two attached hydrogens (primary N) is 1. The molecule has 5 heteroatoms. The molecule has 1 heterocycles. The van der Waals surface area contributed by atoms with Gasteiger partial charge in [0.2, 0.25) is 0 Å². The van der Waals surface area contributed by atoms with Crippen LogP contribution in [0.15, 0.2) is 36.5 Å². The third-order valence-electron chi connectivity index (χ3n) is 2.81. The fourth-order valence-corrected chi connectivity index (χ4v) is 1.81. The predicted molar refractivity (Wildman–Crippen MR) is 78.3 cm³/mol. The molecule has 104 valence electrons. The Hall–Kier alpha value is -2.43. The van der Waals surface area contributed by atoms with Crippen LogP contribution in [0.1, 0.15) is 32.0 Å². The van der Waals surface area contributed by atoms with Gasteiger partial charge in [0, 0.05) is 11.8 Å². The summed E-state index contributed by atoms with van der Waals surface area (Å²) in [4.78, 5) is 8.16. The van der Waals surface area contributed by atoms with Crippen molar-refractivity contribution in [2.75, 3.05) is 0 Å². The van der Waals surface area contributed by atoms with E-state index in [0.717, 1.165) is 5.56 Å². The second-order valence-corrected chi connectivity index (χ2v) is 5.49. The van der Waals surface area contributed by atoms with Crippen molar-refractivity contribution in [2.45, 2.75) is 26.2 Å². The summed E-state index contributed by atoms with van der Waals surface area (Å²) < 4.78 is 5.75. The minimum Gasteiger partial charge on any atom is -0.424 e. The van der Waals surface area contributed by atoms with Crippen molar-refractivity contribution in [3.63, 3.8) is 0 Å². The summed E-state index contributed by atoms with van der Waals surface area (Å²) in [6, 6.07) is 9.54. The number of aromatic nitrogens is 2. The number of rotatable bonds is 3. The van der Waals surface area contributed by atoms with Gasteiger partial charge in [0.1, 0.15) is 17.3 Å². The van der Waals surface area contributed by atoms with Gasteiger partial charge in [-0.1, -0.05) is 39.0 Å². The zero-order valence-electron chi connectivity index (χ0n) is 11.8. The SMILES string of the molecule is CC(C)(C)c1ccccc1Oc1nccc(C(=N)N)n1. The first-order valence-electron chi connectivity index (χ1n) is 6.33. The van der Waals surface area contributed by atoms with E-state index in [1.807, 2.05) is 24.3 Å². The van der Waals surface area contributed by atoms with Gasteiger partial charge in [-0.25, -0.2) is 4.98 Å². The van der Waals surface area contributed by atoms with Crippen LogP contribution in [0.5, 0.6) is 11.8 Å². The van der Waals surface area contributed by atoms with Crippen LogP contribution in [0.25, 0.3) is 0 Å². The number of nitrogens with one attached hydrogen (secondary N) is 1. The minimum absolute atomic E-state index is 0.0468. The Morgan fingerprint density at radius 3 is 2.55 bits per heavy atom. The van der Waals surface area contributed by atoms with Crippen molar-refractivity contribution in [3.05, 3.63) is 47.8 Å². The molecule has 5 nitrogen and oxygen atoms in total. The van der Waals surface area contributed by atoms with Crippen molar-refractivity contribution in [1.82, 2.24) is 9.97 Å². The van der Waals surface area contributed by atoms with Crippen molar-refractivity contribution in [3.8, 4) is 11.8 Å². The highest BCUT2D eigenvalue weighted by Crippen LogP contribution is 2.32. The van der Waals surface area contributed by atoms with Crippen LogP contribution < -0.4 is 10.5 Å². The van der Waals surface area contributed by atoms with E-state index in [1.165, 1.54) is 6.20 Å². The van der Waals surface area contributed by atoms with Gasteiger partial charge in [-0.2, -0.15) is 4.98 Å². The molecule has 0 bridgehead atoms. The monoisotopic (exact) mass is 270 g/mol. The van der Waals surface area contributed by atoms with Gasteiger partial charge >= 0.3 is 6.01 Å². The summed E-state index contributed by atoms with van der Waals surface area (Å²) >= 11 is 0. The van der Waals surface area contributed by atoms with Crippen LogP contribution in [0.2, 0.25) is 0 Å². The summed E-state index contributed by atoms with van der Waals surface area (Å²) in [7, 11) is 0. The van der Waals surface area contributed by atoms with Gasteiger partial charge in [0.15, 0.2) is 0 Å². The van der Waals surface area contributed by atoms with E-state index in [4.69, 9.17) is 15.9 Å². The molecule has 0 radical (unpaired) electrons. The molecule has 0 spiro atoms. The largest absolute Gasteiger partial charge is 0.424 e. The molecule has 0 aliphatic rings. The quantitative estimate of drug-likeness (QED) is 0.663. The Morgan fingerprint density at radius 1 is 1.20 bits per heavy atom. The fraction of sp³-hybridized carbons (Fsp3) is 0.267. The molecule has 0 aliphatic heterocycles. The minimum atomic E-state index is -0.110. The van der Waals surface area contributed by atoms with Crippen LogP contribution in [-0.2, 0) is 5.41 Å². The highest BCUT2D eigenvalue weighted by atomic mass is 16.5. The molecule has 0 aliphatic carbocycles. The summed E-state index contributed by atoms with van der Waals surface area (Å²) in [5.41, 5.74) is 6.78. The van der Waals surface area contributed by atoms with Crippen LogP contribution in [-0.4, -0.2) is 15.8 Å². The molecule has 0 atom stereocenters. The maximum atomic E-state index is 7.39. The summed E-state index contributed by atoms with van der Waals surface area (Å²) in [5, 5.41) is 7.39. The Morgan fingerprint density at radius 2 is 1.90 bits per heavy atom. The Balaban J connectivity index is 2.36. The van der Waals surface area contributed by atoms with Crippen LogP contribution in [0.4, 0.5) is 0 Å². The number of benzene rings is 1. The van der Waals surface area contributed by atoms with Gasteiger partial charge in [-0.3, -0.25) is 5.41 Å².